The number of anilines is 1. The summed E-state index contributed by atoms with van der Waals surface area (Å²) in [6, 6.07) is 1.75. The molecule has 5 heteroatoms. The Morgan fingerprint density at radius 2 is 2.06 bits per heavy atom. The SMILES string of the molecule is CC(C)c1cc(NC(=O)C(Br)C(C)C)on1. The largest absolute Gasteiger partial charge is 0.338 e. The normalized spacial score (nSPS) is 13.2. The molecule has 0 saturated heterocycles. The second kappa shape index (κ2) is 5.48. The zero-order valence-corrected chi connectivity index (χ0v) is 11.5. The Morgan fingerprint density at radius 3 is 2.50 bits per heavy atom. The van der Waals surface area contributed by atoms with E-state index < -0.39 is 0 Å². The molecule has 0 aliphatic carbocycles. The fourth-order valence-corrected chi connectivity index (χ4v) is 1.23. The maximum Gasteiger partial charge on any atom is 0.240 e. The molecule has 0 saturated carbocycles. The van der Waals surface area contributed by atoms with Gasteiger partial charge in [-0.3, -0.25) is 10.1 Å². The van der Waals surface area contributed by atoms with Crippen LogP contribution in [-0.4, -0.2) is 15.9 Å². The maximum absolute atomic E-state index is 11.7. The van der Waals surface area contributed by atoms with Gasteiger partial charge in [0.05, 0.1) is 10.5 Å². The van der Waals surface area contributed by atoms with Crippen LogP contribution in [0.4, 0.5) is 5.88 Å². The van der Waals surface area contributed by atoms with Crippen LogP contribution in [-0.2, 0) is 4.79 Å². The van der Waals surface area contributed by atoms with Crippen LogP contribution in [0.2, 0.25) is 0 Å². The van der Waals surface area contributed by atoms with Crippen LogP contribution in [0.15, 0.2) is 10.6 Å². The van der Waals surface area contributed by atoms with Gasteiger partial charge in [-0.2, -0.15) is 0 Å². The quantitative estimate of drug-likeness (QED) is 0.866. The predicted octanol–water partition coefficient (Wildman–Crippen LogP) is 3.16. The van der Waals surface area contributed by atoms with Crippen LogP contribution in [0.3, 0.4) is 0 Å². The highest BCUT2D eigenvalue weighted by Crippen LogP contribution is 2.19. The van der Waals surface area contributed by atoms with Crippen molar-refractivity contribution < 1.29 is 9.32 Å². The molecule has 1 amide bonds. The Morgan fingerprint density at radius 1 is 1.44 bits per heavy atom. The monoisotopic (exact) mass is 288 g/mol. The third-order valence-corrected chi connectivity index (χ3v) is 3.68. The van der Waals surface area contributed by atoms with E-state index in [4.69, 9.17) is 4.52 Å². The van der Waals surface area contributed by atoms with Crippen molar-refractivity contribution in [1.29, 1.82) is 0 Å². The summed E-state index contributed by atoms with van der Waals surface area (Å²) < 4.78 is 5.02. The minimum absolute atomic E-state index is 0.110. The summed E-state index contributed by atoms with van der Waals surface area (Å²) in [4.78, 5) is 11.5. The third-order valence-electron chi connectivity index (χ3n) is 2.20. The van der Waals surface area contributed by atoms with Gasteiger partial charge in [0.2, 0.25) is 11.8 Å². The number of amides is 1. The summed E-state index contributed by atoms with van der Waals surface area (Å²) in [7, 11) is 0. The molecule has 0 aliphatic heterocycles. The summed E-state index contributed by atoms with van der Waals surface area (Å²) in [6.45, 7) is 7.98. The molecule has 1 atom stereocenters. The summed E-state index contributed by atoms with van der Waals surface area (Å²) in [6.07, 6.45) is 0. The van der Waals surface area contributed by atoms with E-state index in [0.29, 0.717) is 11.8 Å². The molecule has 0 aliphatic rings. The Kier molecular flexibility index (Phi) is 4.53. The molecule has 0 fully saturated rings. The maximum atomic E-state index is 11.7. The van der Waals surface area contributed by atoms with Crippen molar-refractivity contribution in [3.63, 3.8) is 0 Å². The number of hydrogen-bond donors (Lipinski definition) is 1. The first-order valence-electron chi connectivity index (χ1n) is 5.33. The Balaban J connectivity index is 2.63. The number of alkyl halides is 1. The molecule has 1 N–H and O–H groups in total. The Labute approximate surface area is 104 Å². The fourth-order valence-electron chi connectivity index (χ4n) is 1.11. The molecule has 1 aromatic rings. The number of rotatable bonds is 4. The molecular weight excluding hydrogens is 272 g/mol. The van der Waals surface area contributed by atoms with Gasteiger partial charge in [-0.1, -0.05) is 48.8 Å². The lowest BCUT2D eigenvalue weighted by atomic mass is 10.1. The standard InChI is InChI=1S/C11H17BrN2O2/c1-6(2)8-5-9(16-14-8)13-11(15)10(12)7(3)4/h5-7,10H,1-4H3,(H,13,15). The Hall–Kier alpha value is -0.840. The number of carbonyl (C=O) groups excluding carboxylic acids is 1. The van der Waals surface area contributed by atoms with Gasteiger partial charge in [0.25, 0.3) is 0 Å². The van der Waals surface area contributed by atoms with Crippen molar-refractivity contribution >= 4 is 27.7 Å². The predicted molar refractivity (Wildman–Crippen MR) is 66.8 cm³/mol. The van der Waals surface area contributed by atoms with Crippen molar-refractivity contribution in [3.8, 4) is 0 Å². The number of carbonyl (C=O) groups is 1. The van der Waals surface area contributed by atoms with Crippen molar-refractivity contribution in [2.75, 3.05) is 5.32 Å². The molecule has 1 rings (SSSR count). The molecule has 16 heavy (non-hydrogen) atoms. The van der Waals surface area contributed by atoms with Gasteiger partial charge in [-0.05, 0) is 11.8 Å². The lowest BCUT2D eigenvalue weighted by Gasteiger charge is -2.11. The fraction of sp³-hybridized carbons (Fsp3) is 0.636. The lowest BCUT2D eigenvalue weighted by Crippen LogP contribution is -2.26. The first-order chi connectivity index (χ1) is 7.41. The minimum Gasteiger partial charge on any atom is -0.338 e. The first-order valence-corrected chi connectivity index (χ1v) is 6.25. The van der Waals surface area contributed by atoms with Crippen molar-refractivity contribution in [2.45, 2.75) is 38.4 Å². The van der Waals surface area contributed by atoms with Crippen LogP contribution in [0.25, 0.3) is 0 Å². The molecule has 0 aromatic carbocycles. The van der Waals surface area contributed by atoms with Gasteiger partial charge < -0.3 is 4.52 Å². The highest BCUT2D eigenvalue weighted by molar-refractivity contribution is 9.10. The van der Waals surface area contributed by atoms with E-state index in [-0.39, 0.29) is 16.7 Å². The van der Waals surface area contributed by atoms with Gasteiger partial charge in [0.1, 0.15) is 0 Å². The first kappa shape index (κ1) is 13.2. The van der Waals surface area contributed by atoms with E-state index in [1.54, 1.807) is 6.07 Å². The highest BCUT2D eigenvalue weighted by Gasteiger charge is 2.20. The Bertz CT molecular complexity index is 361. The molecule has 4 nitrogen and oxygen atoms in total. The van der Waals surface area contributed by atoms with E-state index in [1.165, 1.54) is 0 Å². The van der Waals surface area contributed by atoms with E-state index in [2.05, 4.69) is 26.4 Å². The van der Waals surface area contributed by atoms with Crippen molar-refractivity contribution in [3.05, 3.63) is 11.8 Å². The number of hydrogen-bond acceptors (Lipinski definition) is 3. The zero-order chi connectivity index (χ0) is 12.3. The molecule has 0 radical (unpaired) electrons. The van der Waals surface area contributed by atoms with Crippen LogP contribution in [0.5, 0.6) is 0 Å². The third kappa shape index (κ3) is 3.33. The number of nitrogens with zero attached hydrogens (tertiary/aromatic N) is 1. The summed E-state index contributed by atoms with van der Waals surface area (Å²) >= 11 is 3.33. The summed E-state index contributed by atoms with van der Waals surface area (Å²) in [5.41, 5.74) is 0.839. The lowest BCUT2D eigenvalue weighted by molar-refractivity contribution is -0.116. The van der Waals surface area contributed by atoms with E-state index in [1.807, 2.05) is 27.7 Å². The topological polar surface area (TPSA) is 55.1 Å². The van der Waals surface area contributed by atoms with Crippen LogP contribution < -0.4 is 5.32 Å². The van der Waals surface area contributed by atoms with Gasteiger partial charge >= 0.3 is 0 Å². The summed E-state index contributed by atoms with van der Waals surface area (Å²) in [5, 5.41) is 6.55. The van der Waals surface area contributed by atoms with E-state index in [0.717, 1.165) is 5.69 Å². The second-order valence-electron chi connectivity index (χ2n) is 4.41. The number of halogens is 1. The van der Waals surface area contributed by atoms with Gasteiger partial charge in [0, 0.05) is 6.07 Å². The molecule has 1 unspecified atom stereocenters. The van der Waals surface area contributed by atoms with Crippen LogP contribution >= 0.6 is 15.9 Å². The second-order valence-corrected chi connectivity index (χ2v) is 5.39. The van der Waals surface area contributed by atoms with Gasteiger partial charge in [-0.25, -0.2) is 0 Å². The average Bonchev–Trinajstić information content (AvgIpc) is 2.64. The molecule has 1 heterocycles. The van der Waals surface area contributed by atoms with E-state index in [9.17, 15) is 4.79 Å². The smallest absolute Gasteiger partial charge is 0.240 e. The molecule has 90 valence electrons. The molecule has 0 spiro atoms. The minimum atomic E-state index is -0.222. The van der Waals surface area contributed by atoms with Crippen molar-refractivity contribution in [2.24, 2.45) is 5.92 Å². The van der Waals surface area contributed by atoms with Crippen molar-refractivity contribution in [1.82, 2.24) is 5.16 Å². The summed E-state index contributed by atoms with van der Waals surface area (Å²) in [5.74, 6) is 0.812. The van der Waals surface area contributed by atoms with Crippen LogP contribution in [0.1, 0.15) is 39.3 Å². The molecule has 0 bridgehead atoms. The average molecular weight is 289 g/mol. The highest BCUT2D eigenvalue weighted by atomic mass is 79.9. The van der Waals surface area contributed by atoms with Crippen LogP contribution in [0, 0.1) is 5.92 Å². The number of aromatic nitrogens is 1. The molecular formula is C11H17BrN2O2. The van der Waals surface area contributed by atoms with E-state index >= 15 is 0 Å². The van der Waals surface area contributed by atoms with Gasteiger partial charge in [0.15, 0.2) is 0 Å². The van der Waals surface area contributed by atoms with Gasteiger partial charge in [-0.15, -0.1) is 0 Å². The zero-order valence-electron chi connectivity index (χ0n) is 9.95. The molecule has 1 aromatic heterocycles. The number of nitrogens with one attached hydrogen (secondary N) is 1.